The van der Waals surface area contributed by atoms with Gasteiger partial charge in [-0.1, -0.05) is 25.8 Å². The molecule has 3 heteroatoms. The first-order valence-electron chi connectivity index (χ1n) is 6.89. The summed E-state index contributed by atoms with van der Waals surface area (Å²) < 4.78 is 14.0. The van der Waals surface area contributed by atoms with Crippen LogP contribution < -0.4 is 5.73 Å². The summed E-state index contributed by atoms with van der Waals surface area (Å²) in [5.74, 6) is -0.0762. The van der Waals surface area contributed by atoms with Gasteiger partial charge in [-0.25, -0.2) is 4.39 Å². The molecule has 1 aliphatic rings. The quantitative estimate of drug-likeness (QED) is 0.867. The van der Waals surface area contributed by atoms with Gasteiger partial charge in [-0.3, -0.25) is 0 Å². The minimum atomic E-state index is -0.0762. The molecule has 100 valence electrons. The molecule has 1 saturated carbocycles. The smallest absolute Gasteiger partial charge is 0.137 e. The second-order valence-electron chi connectivity index (χ2n) is 5.16. The number of hydrogen-bond acceptors (Lipinski definition) is 2. The molecule has 0 aliphatic heterocycles. The van der Waals surface area contributed by atoms with E-state index >= 15 is 0 Å². The van der Waals surface area contributed by atoms with E-state index in [1.54, 1.807) is 17.8 Å². The third-order valence-corrected chi connectivity index (χ3v) is 5.00. The highest BCUT2D eigenvalue weighted by Gasteiger charge is 2.18. The Morgan fingerprint density at radius 3 is 2.72 bits per heavy atom. The minimum absolute atomic E-state index is 0.0762. The molecule has 1 unspecified atom stereocenters. The van der Waals surface area contributed by atoms with Gasteiger partial charge in [0.05, 0.1) is 0 Å². The molecule has 1 aromatic carbocycles. The van der Waals surface area contributed by atoms with Gasteiger partial charge in [-0.2, -0.15) is 0 Å². The zero-order chi connectivity index (χ0) is 13.0. The van der Waals surface area contributed by atoms with E-state index in [1.165, 1.54) is 25.7 Å². The van der Waals surface area contributed by atoms with E-state index in [-0.39, 0.29) is 11.9 Å². The highest BCUT2D eigenvalue weighted by Crippen LogP contribution is 2.36. The van der Waals surface area contributed by atoms with E-state index in [0.717, 1.165) is 23.3 Å². The summed E-state index contributed by atoms with van der Waals surface area (Å²) in [4.78, 5) is 0.802. The van der Waals surface area contributed by atoms with Gasteiger partial charge >= 0.3 is 0 Å². The fourth-order valence-electron chi connectivity index (χ4n) is 2.40. The van der Waals surface area contributed by atoms with Crippen molar-refractivity contribution >= 4 is 11.8 Å². The molecule has 0 bridgehead atoms. The van der Waals surface area contributed by atoms with E-state index in [4.69, 9.17) is 5.73 Å². The van der Waals surface area contributed by atoms with Crippen LogP contribution in [0.15, 0.2) is 23.1 Å². The predicted octanol–water partition coefficient (Wildman–Crippen LogP) is 4.14. The Balaban J connectivity index is 2.00. The first-order valence-corrected chi connectivity index (χ1v) is 7.77. The van der Waals surface area contributed by atoms with E-state index in [1.807, 2.05) is 12.1 Å². The van der Waals surface area contributed by atoms with Crippen LogP contribution in [-0.4, -0.2) is 11.3 Å². The molecule has 2 rings (SSSR count). The third kappa shape index (κ3) is 3.72. The Hall–Kier alpha value is -0.540. The van der Waals surface area contributed by atoms with Crippen LogP contribution >= 0.6 is 11.8 Å². The Kier molecular flexibility index (Phi) is 5.07. The lowest BCUT2D eigenvalue weighted by atomic mass is 10.0. The number of nitrogens with two attached hydrogens (primary N) is 1. The maximum absolute atomic E-state index is 14.0. The molecular formula is C15H22FNS. The second-order valence-corrected chi connectivity index (χ2v) is 6.50. The van der Waals surface area contributed by atoms with Crippen molar-refractivity contribution in [3.05, 3.63) is 29.6 Å². The summed E-state index contributed by atoms with van der Waals surface area (Å²) in [5.41, 5.74) is 6.91. The van der Waals surface area contributed by atoms with Crippen molar-refractivity contribution < 1.29 is 4.39 Å². The molecule has 1 aliphatic carbocycles. The predicted molar refractivity (Wildman–Crippen MR) is 76.5 cm³/mol. The maximum Gasteiger partial charge on any atom is 0.137 e. The molecule has 1 aromatic rings. The number of benzene rings is 1. The van der Waals surface area contributed by atoms with Crippen LogP contribution in [0.2, 0.25) is 0 Å². The minimum Gasteiger partial charge on any atom is -0.327 e. The maximum atomic E-state index is 14.0. The van der Waals surface area contributed by atoms with Gasteiger partial charge in [0.15, 0.2) is 0 Å². The van der Waals surface area contributed by atoms with Crippen LogP contribution in [-0.2, 0) is 6.42 Å². The molecule has 0 saturated heterocycles. The van der Waals surface area contributed by atoms with Crippen molar-refractivity contribution in [3.63, 3.8) is 0 Å². The van der Waals surface area contributed by atoms with Crippen molar-refractivity contribution in [2.75, 3.05) is 0 Å². The van der Waals surface area contributed by atoms with Gasteiger partial charge in [0.25, 0.3) is 0 Å². The number of rotatable bonds is 5. The van der Waals surface area contributed by atoms with E-state index in [0.29, 0.717) is 5.25 Å². The van der Waals surface area contributed by atoms with Gasteiger partial charge in [-0.15, -0.1) is 11.8 Å². The van der Waals surface area contributed by atoms with Crippen LogP contribution in [0.1, 0.15) is 44.6 Å². The molecular weight excluding hydrogens is 245 g/mol. The van der Waals surface area contributed by atoms with Crippen LogP contribution in [0.4, 0.5) is 4.39 Å². The number of hydrogen-bond donors (Lipinski definition) is 1. The lowest BCUT2D eigenvalue weighted by Gasteiger charge is -2.12. The summed E-state index contributed by atoms with van der Waals surface area (Å²) in [5, 5.41) is 0.614. The van der Waals surface area contributed by atoms with E-state index in [2.05, 4.69) is 6.92 Å². The van der Waals surface area contributed by atoms with Crippen LogP contribution in [0.5, 0.6) is 0 Å². The van der Waals surface area contributed by atoms with Crippen molar-refractivity contribution in [2.45, 2.75) is 61.6 Å². The molecule has 0 radical (unpaired) electrons. The molecule has 18 heavy (non-hydrogen) atoms. The molecule has 1 atom stereocenters. The van der Waals surface area contributed by atoms with Crippen LogP contribution in [0.3, 0.4) is 0 Å². The van der Waals surface area contributed by atoms with Gasteiger partial charge in [-0.05, 0) is 43.4 Å². The molecule has 0 heterocycles. The fourth-order valence-corrected chi connectivity index (χ4v) is 3.65. The van der Waals surface area contributed by atoms with E-state index < -0.39 is 0 Å². The summed E-state index contributed by atoms with van der Waals surface area (Å²) in [6.07, 6.45) is 6.74. The summed E-state index contributed by atoms with van der Waals surface area (Å²) in [6.45, 7) is 2.06. The Labute approximate surface area is 113 Å². The van der Waals surface area contributed by atoms with Crippen molar-refractivity contribution in [2.24, 2.45) is 5.73 Å². The summed E-state index contributed by atoms with van der Waals surface area (Å²) in [6, 6.07) is 5.75. The van der Waals surface area contributed by atoms with Gasteiger partial charge in [0, 0.05) is 16.2 Å². The monoisotopic (exact) mass is 267 g/mol. The van der Waals surface area contributed by atoms with Gasteiger partial charge < -0.3 is 5.73 Å². The molecule has 1 fully saturated rings. The highest BCUT2D eigenvalue weighted by molar-refractivity contribution is 8.00. The normalized spacial score (nSPS) is 18.2. The van der Waals surface area contributed by atoms with Crippen molar-refractivity contribution in [3.8, 4) is 0 Å². The van der Waals surface area contributed by atoms with Crippen molar-refractivity contribution in [1.29, 1.82) is 0 Å². The highest BCUT2D eigenvalue weighted by atomic mass is 32.2. The molecule has 2 N–H and O–H groups in total. The van der Waals surface area contributed by atoms with Crippen LogP contribution in [0, 0.1) is 5.82 Å². The SMILES string of the molecule is CCC(N)Cc1ccc(SC2CCCC2)c(F)c1. The number of halogens is 1. The molecule has 0 aromatic heterocycles. The van der Waals surface area contributed by atoms with Crippen molar-refractivity contribution in [1.82, 2.24) is 0 Å². The second kappa shape index (κ2) is 6.58. The first-order chi connectivity index (χ1) is 8.69. The lowest BCUT2D eigenvalue weighted by Crippen LogP contribution is -2.21. The van der Waals surface area contributed by atoms with Crippen LogP contribution in [0.25, 0.3) is 0 Å². The summed E-state index contributed by atoms with van der Waals surface area (Å²) in [7, 11) is 0. The van der Waals surface area contributed by atoms with E-state index in [9.17, 15) is 4.39 Å². The Bertz CT molecular complexity index is 388. The number of thioether (sulfide) groups is 1. The Morgan fingerprint density at radius 1 is 1.39 bits per heavy atom. The lowest BCUT2D eigenvalue weighted by molar-refractivity contribution is 0.592. The zero-order valence-corrected chi connectivity index (χ0v) is 11.8. The van der Waals surface area contributed by atoms with Gasteiger partial charge in [0.2, 0.25) is 0 Å². The average molecular weight is 267 g/mol. The zero-order valence-electron chi connectivity index (χ0n) is 11.0. The molecule has 1 nitrogen and oxygen atoms in total. The summed E-state index contributed by atoms with van der Waals surface area (Å²) >= 11 is 1.70. The molecule has 0 spiro atoms. The molecule has 0 amide bonds. The Morgan fingerprint density at radius 2 is 2.11 bits per heavy atom. The largest absolute Gasteiger partial charge is 0.327 e. The third-order valence-electron chi connectivity index (χ3n) is 3.61. The fraction of sp³-hybridized carbons (Fsp3) is 0.600. The van der Waals surface area contributed by atoms with Gasteiger partial charge in [0.1, 0.15) is 5.82 Å². The average Bonchev–Trinajstić information content (AvgIpc) is 2.85. The topological polar surface area (TPSA) is 26.0 Å². The first kappa shape index (κ1) is 13.9. The standard InChI is InChI=1S/C15H22FNS/c1-2-12(17)9-11-7-8-15(14(16)10-11)18-13-5-3-4-6-13/h7-8,10,12-13H,2-6,9,17H2,1H3.